The van der Waals surface area contributed by atoms with Crippen LogP contribution >= 0.6 is 11.6 Å². The van der Waals surface area contributed by atoms with Gasteiger partial charge in [-0.05, 0) is 120 Å². The Kier molecular flexibility index (Phi) is 33.6. The molecule has 0 unspecified atom stereocenters. The van der Waals surface area contributed by atoms with Crippen LogP contribution in [0.5, 0.6) is 46.0 Å². The third-order valence-electron chi connectivity index (χ3n) is 9.98. The topological polar surface area (TPSA) is 208 Å². The minimum absolute atomic E-state index is 0. The average Bonchev–Trinajstić information content (AvgIpc) is 3.26. The maximum atomic E-state index is 9.54. The molecule has 4 rings (SSSR count). The van der Waals surface area contributed by atoms with Crippen LogP contribution in [0.2, 0.25) is 0 Å². The van der Waals surface area contributed by atoms with Gasteiger partial charge in [-0.25, -0.2) is 0 Å². The van der Waals surface area contributed by atoms with Gasteiger partial charge >= 0.3 is 0 Å². The quantitative estimate of drug-likeness (QED) is 0.0135. The summed E-state index contributed by atoms with van der Waals surface area (Å²) < 4.78 is 26.9. The Morgan fingerprint density at radius 2 is 0.738 bits per heavy atom. The minimum Gasteiger partial charge on any atom is -0.504 e. The van der Waals surface area contributed by atoms with E-state index < -0.39 is 0 Å². The Hall–Kier alpha value is -5.05. The van der Waals surface area contributed by atoms with Crippen molar-refractivity contribution in [3.8, 4) is 46.0 Å². The molecule has 0 heterocycles. The van der Waals surface area contributed by atoms with Gasteiger partial charge in [-0.2, -0.15) is 0 Å². The molecule has 0 fully saturated rings. The molecule has 4 aromatic carbocycles. The second-order valence-corrected chi connectivity index (χ2v) is 15.3. The lowest BCUT2D eigenvalue weighted by Crippen LogP contribution is -2.14. The zero-order chi connectivity index (χ0) is 45.9. The number of rotatable bonds is 25. The number of ether oxygens (including phenoxy) is 5. The summed E-state index contributed by atoms with van der Waals surface area (Å²) in [6, 6.07) is 21.3. The third-order valence-corrected chi connectivity index (χ3v) is 10.1. The van der Waals surface area contributed by atoms with E-state index in [1.807, 2.05) is 48.5 Å². The van der Waals surface area contributed by atoms with E-state index >= 15 is 0 Å². The summed E-state index contributed by atoms with van der Waals surface area (Å²) in [5.74, 6) is 3.79. The summed E-state index contributed by atoms with van der Waals surface area (Å²) >= 11 is 5.21. The molecule has 65 heavy (non-hydrogen) atoms. The smallest absolute Gasteiger partial charge is 0.161 e. The number of alkyl halides is 1. The van der Waals surface area contributed by atoms with Gasteiger partial charge in [-0.3, -0.25) is 0 Å². The molecule has 13 nitrogen and oxygen atoms in total. The van der Waals surface area contributed by atoms with Crippen LogP contribution in [0.3, 0.4) is 0 Å². The highest BCUT2D eigenvalue weighted by molar-refractivity contribution is 6.17. The molecule has 0 bridgehead atoms. The van der Waals surface area contributed by atoms with E-state index in [4.69, 9.17) is 51.0 Å². The van der Waals surface area contributed by atoms with E-state index in [0.29, 0.717) is 59.2 Å². The van der Waals surface area contributed by atoms with Gasteiger partial charge in [0, 0.05) is 0 Å². The minimum atomic E-state index is -0.107. The predicted molar refractivity (Wildman–Crippen MR) is 261 cm³/mol. The van der Waals surface area contributed by atoms with Crippen molar-refractivity contribution < 1.29 is 64.5 Å². The normalized spacial score (nSPS) is 12.0. The first-order chi connectivity index (χ1) is 29.8. The first-order valence-corrected chi connectivity index (χ1v) is 21.3. The predicted octanol–water partition coefficient (Wildman–Crippen LogP) is 9.09. The Morgan fingerprint density at radius 1 is 0.446 bits per heavy atom. The largest absolute Gasteiger partial charge is 0.504 e. The number of hydrogen-bond acceptors (Lipinski definition) is 13. The van der Waals surface area contributed by atoms with E-state index in [1.165, 1.54) is 18.4 Å². The Morgan fingerprint density at radius 3 is 1.00 bits per heavy atom. The maximum absolute atomic E-state index is 9.54. The third kappa shape index (κ3) is 23.6. The molecule has 8 N–H and O–H groups in total. The molecule has 0 saturated carbocycles. The van der Waals surface area contributed by atoms with Crippen molar-refractivity contribution in [2.45, 2.75) is 75.7 Å². The van der Waals surface area contributed by atoms with Crippen LogP contribution in [0.4, 0.5) is 0 Å². The first kappa shape index (κ1) is 62.0. The molecule has 368 valence electrons. The number of phenolic OH excluding ortho intramolecular Hbond substituents is 4. The van der Waals surface area contributed by atoms with Gasteiger partial charge in [0.2, 0.25) is 0 Å². The highest BCUT2D eigenvalue weighted by atomic mass is 35.5. The van der Waals surface area contributed by atoms with Crippen molar-refractivity contribution in [2.75, 3.05) is 65.3 Å². The lowest BCUT2D eigenvalue weighted by molar-refractivity contribution is 0.178. The molecular formula is C51H79ClO13. The van der Waals surface area contributed by atoms with Gasteiger partial charge in [0.1, 0.15) is 33.0 Å². The molecule has 0 aromatic heterocycles. The van der Waals surface area contributed by atoms with Crippen LogP contribution in [-0.2, 0) is 30.4 Å². The Balaban J connectivity index is 0. The van der Waals surface area contributed by atoms with Gasteiger partial charge in [0.15, 0.2) is 46.0 Å². The SMILES string of the molecule is C.C.C.C=COCCCl.C[C@H](Cc1ccc(O)c(O)c1)[C@@H](C)Cc1ccc(O)c(O)c1.C[C@H](Cc1ccc(OCCO)c(OCCO)c1)[C@@H](C)Cc1ccc(OCCO)c(OCCO)c1. The summed E-state index contributed by atoms with van der Waals surface area (Å²) in [4.78, 5) is 0. The number of phenols is 4. The molecule has 4 atom stereocenters. The fraction of sp³-hybridized carbons (Fsp3) is 0.490. The molecular weight excluding hydrogens is 856 g/mol. The average molecular weight is 936 g/mol. The summed E-state index contributed by atoms with van der Waals surface area (Å²) in [7, 11) is 0. The number of aromatic hydroxyl groups is 4. The Bertz CT molecular complexity index is 1730. The highest BCUT2D eigenvalue weighted by Crippen LogP contribution is 2.34. The molecule has 4 aromatic rings. The van der Waals surface area contributed by atoms with Gasteiger partial charge in [-0.1, -0.05) is 80.8 Å². The van der Waals surface area contributed by atoms with Crippen LogP contribution < -0.4 is 18.9 Å². The molecule has 0 aliphatic carbocycles. The number of halogens is 1. The molecule has 0 amide bonds. The number of aliphatic hydroxyl groups is 4. The zero-order valence-corrected chi connectivity index (χ0v) is 37.2. The second-order valence-electron chi connectivity index (χ2n) is 14.9. The summed E-state index contributed by atoms with van der Waals surface area (Å²) in [6.45, 7) is 12.9. The second kappa shape index (κ2) is 35.2. The van der Waals surface area contributed by atoms with Gasteiger partial charge < -0.3 is 64.5 Å². The number of benzene rings is 4. The summed E-state index contributed by atoms with van der Waals surface area (Å²) in [5.41, 5.74) is 4.15. The Labute approximate surface area is 393 Å². The molecule has 0 aliphatic heterocycles. The van der Waals surface area contributed by atoms with Crippen molar-refractivity contribution in [1.29, 1.82) is 0 Å². The first-order valence-electron chi connectivity index (χ1n) is 20.8. The summed E-state index contributed by atoms with van der Waals surface area (Å²) in [6.07, 6.45) is 4.63. The highest BCUT2D eigenvalue weighted by Gasteiger charge is 2.18. The molecule has 0 spiro atoms. The maximum Gasteiger partial charge on any atom is 0.161 e. The van der Waals surface area contributed by atoms with Crippen LogP contribution in [0, 0.1) is 23.7 Å². The fourth-order valence-corrected chi connectivity index (χ4v) is 6.35. The standard InChI is InChI=1S/C26H38O8.C18H22O4.C4H7ClO.3CH4/c1-19(15-21-3-5-23(31-11-7-27)25(17-21)33-13-9-29)20(2)16-22-4-6-24(32-12-8-28)26(18-22)34-14-10-30;1-11(7-13-3-5-15(19)17(21)9-13)12(2)8-14-4-6-16(20)18(22)10-14;1-2-6-4-3-5;;;/h3-6,17-20,27-30H,7-16H2,1-2H3;3-6,9-12,19-22H,7-8H2,1-2H3;2H,1,3-4H2;3*1H4/t19-,20+;11-,12+;;;;. The molecule has 0 saturated heterocycles. The van der Waals surface area contributed by atoms with Gasteiger partial charge in [0.05, 0.1) is 38.6 Å². The van der Waals surface area contributed by atoms with E-state index in [1.54, 1.807) is 12.1 Å². The van der Waals surface area contributed by atoms with Crippen LogP contribution in [0.15, 0.2) is 85.6 Å². The fourth-order valence-electron chi connectivity index (χ4n) is 6.26. The van der Waals surface area contributed by atoms with Crippen molar-refractivity contribution in [1.82, 2.24) is 0 Å². The van der Waals surface area contributed by atoms with Crippen molar-refractivity contribution in [2.24, 2.45) is 23.7 Å². The summed E-state index contributed by atoms with van der Waals surface area (Å²) in [5, 5.41) is 74.0. The lowest BCUT2D eigenvalue weighted by atomic mass is 9.85. The lowest BCUT2D eigenvalue weighted by Gasteiger charge is -2.22. The molecule has 0 radical (unpaired) electrons. The number of hydrogen-bond donors (Lipinski definition) is 8. The van der Waals surface area contributed by atoms with Gasteiger partial charge in [-0.15, -0.1) is 11.6 Å². The van der Waals surface area contributed by atoms with Gasteiger partial charge in [0.25, 0.3) is 0 Å². The molecule has 0 aliphatic rings. The van der Waals surface area contributed by atoms with Crippen molar-refractivity contribution in [3.05, 3.63) is 108 Å². The van der Waals surface area contributed by atoms with Crippen molar-refractivity contribution in [3.63, 3.8) is 0 Å². The van der Waals surface area contributed by atoms with E-state index in [-0.39, 0.29) is 98.1 Å². The van der Waals surface area contributed by atoms with Crippen LogP contribution in [-0.4, -0.2) is 106 Å². The molecule has 14 heteroatoms. The van der Waals surface area contributed by atoms with Crippen molar-refractivity contribution >= 4 is 11.6 Å². The van der Waals surface area contributed by atoms with Crippen LogP contribution in [0.1, 0.15) is 72.2 Å². The van der Waals surface area contributed by atoms with E-state index in [9.17, 15) is 20.4 Å². The zero-order valence-electron chi connectivity index (χ0n) is 36.4. The number of aliphatic hydroxyl groups excluding tert-OH is 4. The van der Waals surface area contributed by atoms with E-state index in [0.717, 1.165) is 47.9 Å². The van der Waals surface area contributed by atoms with Crippen LogP contribution in [0.25, 0.3) is 0 Å². The van der Waals surface area contributed by atoms with E-state index in [2.05, 4.69) is 39.0 Å². The monoisotopic (exact) mass is 935 g/mol.